The van der Waals surface area contributed by atoms with Gasteiger partial charge in [0.25, 0.3) is 0 Å². The van der Waals surface area contributed by atoms with E-state index in [1.165, 1.54) is 0 Å². The van der Waals surface area contributed by atoms with E-state index in [0.29, 0.717) is 18.3 Å². The molecular formula is C15H22N2O. The van der Waals surface area contributed by atoms with E-state index >= 15 is 0 Å². The summed E-state index contributed by atoms with van der Waals surface area (Å²) in [7, 11) is 0. The summed E-state index contributed by atoms with van der Waals surface area (Å²) in [6.07, 6.45) is 2.83. The molecule has 1 aliphatic heterocycles. The number of carbonyl (C=O) groups excluding carboxylic acids is 1. The van der Waals surface area contributed by atoms with Gasteiger partial charge in [0.2, 0.25) is 5.91 Å². The lowest BCUT2D eigenvalue weighted by molar-refractivity contribution is -0.119. The summed E-state index contributed by atoms with van der Waals surface area (Å²) in [5.74, 6) is 1.39. The quantitative estimate of drug-likeness (QED) is 0.815. The van der Waals surface area contributed by atoms with Crippen molar-refractivity contribution in [3.05, 3.63) is 24.3 Å². The second kappa shape index (κ2) is 5.42. The number of hydrogen-bond donors (Lipinski definition) is 1. The van der Waals surface area contributed by atoms with Crippen molar-refractivity contribution in [1.82, 2.24) is 0 Å². The van der Waals surface area contributed by atoms with Crippen LogP contribution in [0.3, 0.4) is 0 Å². The maximum absolute atomic E-state index is 12.3. The van der Waals surface area contributed by atoms with Crippen LogP contribution in [0.1, 0.15) is 33.1 Å². The molecule has 1 amide bonds. The first-order valence-electron chi connectivity index (χ1n) is 6.77. The lowest BCUT2D eigenvalue weighted by Crippen LogP contribution is -2.30. The molecule has 1 heterocycles. The van der Waals surface area contributed by atoms with Crippen LogP contribution in [0.2, 0.25) is 0 Å². The number of amides is 1. The second-order valence-electron chi connectivity index (χ2n) is 5.28. The first-order valence-corrected chi connectivity index (χ1v) is 6.77. The van der Waals surface area contributed by atoms with Crippen LogP contribution in [0, 0.1) is 11.8 Å². The number of anilines is 2. The third-order valence-corrected chi connectivity index (χ3v) is 4.08. The molecule has 0 saturated carbocycles. The standard InChI is InChI=1S/C15H22N2O/c1-3-12-10-15(18)17(9-8-11(12)2)14-6-4-13(16)5-7-14/h4-7,11-12H,3,8-10,16H2,1-2H3. The van der Waals surface area contributed by atoms with E-state index in [4.69, 9.17) is 5.73 Å². The normalized spacial score (nSPS) is 25.0. The van der Waals surface area contributed by atoms with Crippen molar-refractivity contribution in [2.24, 2.45) is 11.8 Å². The Morgan fingerprint density at radius 1 is 1.33 bits per heavy atom. The predicted octanol–water partition coefficient (Wildman–Crippen LogP) is 3.06. The van der Waals surface area contributed by atoms with Crippen LogP contribution in [0.4, 0.5) is 11.4 Å². The van der Waals surface area contributed by atoms with Crippen molar-refractivity contribution in [1.29, 1.82) is 0 Å². The fourth-order valence-electron chi connectivity index (χ4n) is 2.70. The third-order valence-electron chi connectivity index (χ3n) is 4.08. The molecule has 3 heteroatoms. The number of rotatable bonds is 2. The Kier molecular flexibility index (Phi) is 3.90. The minimum atomic E-state index is 0.246. The highest BCUT2D eigenvalue weighted by atomic mass is 16.2. The maximum atomic E-state index is 12.3. The van der Waals surface area contributed by atoms with Gasteiger partial charge in [-0.1, -0.05) is 20.3 Å². The fourth-order valence-corrected chi connectivity index (χ4v) is 2.70. The molecule has 0 spiro atoms. The minimum Gasteiger partial charge on any atom is -0.399 e. The molecule has 2 rings (SSSR count). The smallest absolute Gasteiger partial charge is 0.227 e. The Morgan fingerprint density at radius 2 is 2.00 bits per heavy atom. The Labute approximate surface area is 109 Å². The zero-order valence-electron chi connectivity index (χ0n) is 11.2. The average Bonchev–Trinajstić information content (AvgIpc) is 2.50. The molecule has 0 bridgehead atoms. The van der Waals surface area contributed by atoms with Crippen LogP contribution in [-0.2, 0) is 4.79 Å². The van der Waals surface area contributed by atoms with E-state index in [-0.39, 0.29) is 5.91 Å². The number of benzene rings is 1. The zero-order chi connectivity index (χ0) is 13.1. The van der Waals surface area contributed by atoms with Gasteiger partial charge in [-0.2, -0.15) is 0 Å². The molecule has 18 heavy (non-hydrogen) atoms. The molecule has 0 radical (unpaired) electrons. The molecule has 1 aromatic rings. The van der Waals surface area contributed by atoms with Crippen molar-refractivity contribution >= 4 is 17.3 Å². The van der Waals surface area contributed by atoms with Gasteiger partial charge in [0.1, 0.15) is 0 Å². The minimum absolute atomic E-state index is 0.246. The number of nitrogen functional groups attached to an aromatic ring is 1. The second-order valence-corrected chi connectivity index (χ2v) is 5.28. The highest BCUT2D eigenvalue weighted by Crippen LogP contribution is 2.29. The van der Waals surface area contributed by atoms with Gasteiger partial charge in [-0.25, -0.2) is 0 Å². The number of nitrogens with zero attached hydrogens (tertiary/aromatic N) is 1. The summed E-state index contributed by atoms with van der Waals surface area (Å²) in [5.41, 5.74) is 7.39. The van der Waals surface area contributed by atoms with Gasteiger partial charge in [-0.3, -0.25) is 4.79 Å². The predicted molar refractivity (Wildman–Crippen MR) is 75.4 cm³/mol. The molecule has 0 aliphatic carbocycles. The molecule has 1 aromatic carbocycles. The van der Waals surface area contributed by atoms with E-state index in [1.54, 1.807) is 0 Å². The van der Waals surface area contributed by atoms with Crippen molar-refractivity contribution < 1.29 is 4.79 Å². The zero-order valence-corrected chi connectivity index (χ0v) is 11.2. The topological polar surface area (TPSA) is 46.3 Å². The Hall–Kier alpha value is -1.51. The van der Waals surface area contributed by atoms with E-state index in [2.05, 4.69) is 13.8 Å². The Balaban J connectivity index is 2.18. The van der Waals surface area contributed by atoms with E-state index in [1.807, 2.05) is 29.2 Å². The van der Waals surface area contributed by atoms with E-state index in [0.717, 1.165) is 30.8 Å². The SMILES string of the molecule is CCC1CC(=O)N(c2ccc(N)cc2)CCC1C. The van der Waals surface area contributed by atoms with Gasteiger partial charge in [0, 0.05) is 24.3 Å². The number of hydrogen-bond acceptors (Lipinski definition) is 2. The van der Waals surface area contributed by atoms with E-state index in [9.17, 15) is 4.79 Å². The van der Waals surface area contributed by atoms with Crippen LogP contribution in [0.25, 0.3) is 0 Å². The lowest BCUT2D eigenvalue weighted by Gasteiger charge is -2.21. The van der Waals surface area contributed by atoms with Crippen LogP contribution in [0.5, 0.6) is 0 Å². The van der Waals surface area contributed by atoms with Gasteiger partial charge in [-0.15, -0.1) is 0 Å². The highest BCUT2D eigenvalue weighted by molar-refractivity contribution is 5.93. The van der Waals surface area contributed by atoms with Gasteiger partial charge < -0.3 is 10.6 Å². The first kappa shape index (κ1) is 12.9. The van der Waals surface area contributed by atoms with Crippen molar-refractivity contribution in [2.45, 2.75) is 33.1 Å². The van der Waals surface area contributed by atoms with Crippen LogP contribution in [0.15, 0.2) is 24.3 Å². The number of nitrogens with two attached hydrogens (primary N) is 1. The monoisotopic (exact) mass is 246 g/mol. The van der Waals surface area contributed by atoms with Gasteiger partial charge in [0.15, 0.2) is 0 Å². The Bertz CT molecular complexity index is 413. The molecule has 2 N–H and O–H groups in total. The molecular weight excluding hydrogens is 224 g/mol. The Morgan fingerprint density at radius 3 is 2.61 bits per heavy atom. The molecule has 3 nitrogen and oxygen atoms in total. The molecule has 2 unspecified atom stereocenters. The summed E-state index contributed by atoms with van der Waals surface area (Å²) in [6, 6.07) is 7.58. The van der Waals surface area contributed by atoms with Crippen molar-refractivity contribution in [3.63, 3.8) is 0 Å². The van der Waals surface area contributed by atoms with Crippen molar-refractivity contribution in [2.75, 3.05) is 17.2 Å². The average molecular weight is 246 g/mol. The number of carbonyl (C=O) groups is 1. The van der Waals surface area contributed by atoms with Gasteiger partial charge >= 0.3 is 0 Å². The first-order chi connectivity index (χ1) is 8.61. The largest absolute Gasteiger partial charge is 0.399 e. The maximum Gasteiger partial charge on any atom is 0.227 e. The lowest BCUT2D eigenvalue weighted by atomic mass is 9.87. The van der Waals surface area contributed by atoms with Crippen LogP contribution in [-0.4, -0.2) is 12.5 Å². The molecule has 98 valence electrons. The van der Waals surface area contributed by atoms with E-state index < -0.39 is 0 Å². The summed E-state index contributed by atoms with van der Waals surface area (Å²) >= 11 is 0. The fraction of sp³-hybridized carbons (Fsp3) is 0.533. The van der Waals surface area contributed by atoms with Gasteiger partial charge in [-0.05, 0) is 42.5 Å². The van der Waals surface area contributed by atoms with Gasteiger partial charge in [0.05, 0.1) is 0 Å². The summed E-state index contributed by atoms with van der Waals surface area (Å²) in [5, 5.41) is 0. The van der Waals surface area contributed by atoms with Crippen LogP contribution >= 0.6 is 0 Å². The van der Waals surface area contributed by atoms with Crippen molar-refractivity contribution in [3.8, 4) is 0 Å². The molecule has 0 aromatic heterocycles. The molecule has 1 aliphatic rings. The summed E-state index contributed by atoms with van der Waals surface area (Å²) in [6.45, 7) is 5.25. The summed E-state index contributed by atoms with van der Waals surface area (Å²) in [4.78, 5) is 14.2. The third kappa shape index (κ3) is 2.66. The summed E-state index contributed by atoms with van der Waals surface area (Å²) < 4.78 is 0. The molecule has 2 atom stereocenters. The van der Waals surface area contributed by atoms with Crippen LogP contribution < -0.4 is 10.6 Å². The molecule has 1 fully saturated rings. The highest BCUT2D eigenvalue weighted by Gasteiger charge is 2.27. The molecule has 1 saturated heterocycles.